The lowest BCUT2D eigenvalue weighted by Gasteiger charge is -2.04. The van der Waals surface area contributed by atoms with E-state index in [9.17, 15) is 10.1 Å². The molecule has 0 unspecified atom stereocenters. The van der Waals surface area contributed by atoms with Crippen LogP contribution in [0.25, 0.3) is 0 Å². The minimum atomic E-state index is -0.406. The van der Waals surface area contributed by atoms with E-state index in [4.69, 9.17) is 0 Å². The highest BCUT2D eigenvalue weighted by atomic mass is 16.6. The van der Waals surface area contributed by atoms with Crippen molar-refractivity contribution < 1.29 is 4.92 Å². The lowest BCUT2D eigenvalue weighted by Crippen LogP contribution is -2.08. The average molecular weight is 274 g/mol. The molecule has 0 aliphatic heterocycles. The van der Waals surface area contributed by atoms with Gasteiger partial charge in [0.1, 0.15) is 6.20 Å². The fourth-order valence-corrected chi connectivity index (χ4v) is 1.88. The lowest BCUT2D eigenvalue weighted by atomic mass is 10.1. The van der Waals surface area contributed by atoms with Crippen molar-refractivity contribution in [2.45, 2.75) is 26.3 Å². The van der Waals surface area contributed by atoms with E-state index >= 15 is 0 Å². The maximum atomic E-state index is 11.0. The van der Waals surface area contributed by atoms with Crippen molar-refractivity contribution in [3.05, 3.63) is 52.2 Å². The van der Waals surface area contributed by atoms with Crippen LogP contribution in [0.3, 0.4) is 0 Å². The Labute approximate surface area is 117 Å². The standard InChI is InChI=1S/C14H18N4O2/c1-11(2)17-10-13(18(19)20)14(16-17)15-9-8-12-6-4-3-5-7-12/h3-7,10-11H,8-9H2,1-2H3,(H,15,16). The Kier molecular flexibility index (Phi) is 4.34. The SMILES string of the molecule is CC(C)n1cc([N+](=O)[O-])c(NCCc2ccccc2)n1. The summed E-state index contributed by atoms with van der Waals surface area (Å²) in [5, 5.41) is 18.3. The molecule has 106 valence electrons. The minimum Gasteiger partial charge on any atom is -0.363 e. The van der Waals surface area contributed by atoms with Crippen LogP contribution in [0.4, 0.5) is 11.5 Å². The van der Waals surface area contributed by atoms with Crippen molar-refractivity contribution >= 4 is 11.5 Å². The molecule has 0 aliphatic carbocycles. The highest BCUT2D eigenvalue weighted by Gasteiger charge is 2.19. The van der Waals surface area contributed by atoms with Crippen LogP contribution in [0.1, 0.15) is 25.5 Å². The van der Waals surface area contributed by atoms with Gasteiger partial charge in [0.2, 0.25) is 5.82 Å². The van der Waals surface area contributed by atoms with Gasteiger partial charge in [-0.3, -0.25) is 14.8 Å². The predicted molar refractivity (Wildman–Crippen MR) is 77.9 cm³/mol. The fraction of sp³-hybridized carbons (Fsp3) is 0.357. The van der Waals surface area contributed by atoms with Gasteiger partial charge in [-0.1, -0.05) is 30.3 Å². The molecule has 6 nitrogen and oxygen atoms in total. The Morgan fingerprint density at radius 2 is 2.05 bits per heavy atom. The van der Waals surface area contributed by atoms with E-state index in [1.54, 1.807) is 4.68 Å². The molecule has 1 heterocycles. The molecule has 0 fully saturated rings. The molecule has 0 saturated carbocycles. The molecule has 1 N–H and O–H groups in total. The molecule has 0 aliphatic rings. The minimum absolute atomic E-state index is 0.0201. The highest BCUT2D eigenvalue weighted by molar-refractivity contribution is 5.54. The first-order valence-corrected chi connectivity index (χ1v) is 6.59. The van der Waals surface area contributed by atoms with Crippen molar-refractivity contribution in [2.75, 3.05) is 11.9 Å². The molecule has 2 rings (SSSR count). The van der Waals surface area contributed by atoms with Crippen LogP contribution in [0.2, 0.25) is 0 Å². The second-order valence-corrected chi connectivity index (χ2v) is 4.86. The third kappa shape index (κ3) is 3.34. The third-order valence-electron chi connectivity index (χ3n) is 2.99. The molecule has 2 aromatic rings. The highest BCUT2D eigenvalue weighted by Crippen LogP contribution is 2.23. The summed E-state index contributed by atoms with van der Waals surface area (Å²) < 4.78 is 1.60. The van der Waals surface area contributed by atoms with Gasteiger partial charge in [-0.25, -0.2) is 0 Å². The number of nitrogens with one attached hydrogen (secondary N) is 1. The molecular weight excluding hydrogens is 256 g/mol. The Morgan fingerprint density at radius 3 is 2.65 bits per heavy atom. The summed E-state index contributed by atoms with van der Waals surface area (Å²) in [6.45, 7) is 4.48. The topological polar surface area (TPSA) is 73.0 Å². The zero-order valence-corrected chi connectivity index (χ0v) is 11.6. The van der Waals surface area contributed by atoms with Gasteiger partial charge >= 0.3 is 5.69 Å². The first kappa shape index (κ1) is 14.0. The van der Waals surface area contributed by atoms with Crippen molar-refractivity contribution in [2.24, 2.45) is 0 Å². The summed E-state index contributed by atoms with van der Waals surface area (Å²) in [5.74, 6) is 0.333. The summed E-state index contributed by atoms with van der Waals surface area (Å²) in [6.07, 6.45) is 2.27. The molecule has 0 saturated heterocycles. The van der Waals surface area contributed by atoms with E-state index in [1.807, 2.05) is 44.2 Å². The number of hydrogen-bond donors (Lipinski definition) is 1. The number of rotatable bonds is 6. The Bertz CT molecular complexity index is 578. The number of benzene rings is 1. The Hall–Kier alpha value is -2.37. The number of anilines is 1. The fourth-order valence-electron chi connectivity index (χ4n) is 1.88. The summed E-state index contributed by atoms with van der Waals surface area (Å²) in [7, 11) is 0. The summed E-state index contributed by atoms with van der Waals surface area (Å²) in [6, 6.07) is 10.1. The number of aromatic nitrogens is 2. The maximum Gasteiger partial charge on any atom is 0.330 e. The first-order chi connectivity index (χ1) is 9.58. The Morgan fingerprint density at radius 1 is 1.35 bits per heavy atom. The molecule has 0 amide bonds. The molecule has 6 heteroatoms. The predicted octanol–water partition coefficient (Wildman–Crippen LogP) is 3.03. The summed E-state index contributed by atoms with van der Waals surface area (Å²) in [5.41, 5.74) is 1.21. The summed E-state index contributed by atoms with van der Waals surface area (Å²) in [4.78, 5) is 10.6. The van der Waals surface area contributed by atoms with Crippen LogP contribution >= 0.6 is 0 Å². The summed E-state index contributed by atoms with van der Waals surface area (Å²) >= 11 is 0. The second-order valence-electron chi connectivity index (χ2n) is 4.86. The zero-order valence-electron chi connectivity index (χ0n) is 11.6. The van der Waals surface area contributed by atoms with Crippen LogP contribution < -0.4 is 5.32 Å². The molecule has 0 radical (unpaired) electrons. The van der Waals surface area contributed by atoms with E-state index < -0.39 is 4.92 Å². The van der Waals surface area contributed by atoms with Crippen LogP contribution in [-0.4, -0.2) is 21.2 Å². The zero-order chi connectivity index (χ0) is 14.5. The van der Waals surface area contributed by atoms with Crippen molar-refractivity contribution in [3.63, 3.8) is 0 Å². The van der Waals surface area contributed by atoms with Gasteiger partial charge in [0.05, 0.1) is 4.92 Å². The van der Waals surface area contributed by atoms with Crippen LogP contribution in [0, 0.1) is 10.1 Å². The Balaban J connectivity index is 2.03. The maximum absolute atomic E-state index is 11.0. The monoisotopic (exact) mass is 274 g/mol. The van der Waals surface area contributed by atoms with Gasteiger partial charge < -0.3 is 5.32 Å². The third-order valence-corrected chi connectivity index (χ3v) is 2.99. The van der Waals surface area contributed by atoms with Crippen molar-refractivity contribution in [1.29, 1.82) is 0 Å². The van der Waals surface area contributed by atoms with Gasteiger partial charge in [0, 0.05) is 12.6 Å². The van der Waals surface area contributed by atoms with Gasteiger partial charge in [-0.15, -0.1) is 5.10 Å². The van der Waals surface area contributed by atoms with Gasteiger partial charge in [0.25, 0.3) is 0 Å². The molecule has 0 atom stereocenters. The van der Waals surface area contributed by atoms with Crippen molar-refractivity contribution in [3.8, 4) is 0 Å². The lowest BCUT2D eigenvalue weighted by molar-refractivity contribution is -0.384. The van der Waals surface area contributed by atoms with Gasteiger partial charge in [-0.2, -0.15) is 0 Å². The number of nitro groups is 1. The van der Waals surface area contributed by atoms with E-state index in [2.05, 4.69) is 10.4 Å². The molecule has 0 bridgehead atoms. The normalized spacial score (nSPS) is 10.8. The average Bonchev–Trinajstić information content (AvgIpc) is 2.84. The molecule has 20 heavy (non-hydrogen) atoms. The van der Waals surface area contributed by atoms with E-state index in [0.717, 1.165) is 6.42 Å². The van der Waals surface area contributed by atoms with E-state index in [0.29, 0.717) is 12.4 Å². The molecule has 1 aromatic carbocycles. The number of nitrogens with zero attached hydrogens (tertiary/aromatic N) is 3. The van der Waals surface area contributed by atoms with Crippen LogP contribution in [-0.2, 0) is 6.42 Å². The molecule has 1 aromatic heterocycles. The van der Waals surface area contributed by atoms with Crippen LogP contribution in [0.15, 0.2) is 36.5 Å². The quantitative estimate of drug-likeness (QED) is 0.649. The van der Waals surface area contributed by atoms with Gasteiger partial charge in [0.15, 0.2) is 0 Å². The number of hydrogen-bond acceptors (Lipinski definition) is 4. The smallest absolute Gasteiger partial charge is 0.330 e. The van der Waals surface area contributed by atoms with E-state index in [-0.39, 0.29) is 11.7 Å². The van der Waals surface area contributed by atoms with E-state index in [1.165, 1.54) is 11.8 Å². The first-order valence-electron chi connectivity index (χ1n) is 6.59. The van der Waals surface area contributed by atoms with Crippen LogP contribution in [0.5, 0.6) is 0 Å². The second kappa shape index (κ2) is 6.18. The largest absolute Gasteiger partial charge is 0.363 e. The van der Waals surface area contributed by atoms with Crippen molar-refractivity contribution in [1.82, 2.24) is 9.78 Å². The van der Waals surface area contributed by atoms with Gasteiger partial charge in [-0.05, 0) is 25.8 Å². The molecular formula is C14H18N4O2. The molecule has 0 spiro atoms.